The van der Waals surface area contributed by atoms with Crippen LogP contribution in [0.3, 0.4) is 0 Å². The molecule has 0 aliphatic rings. The van der Waals surface area contributed by atoms with E-state index in [1.807, 2.05) is 0 Å². The summed E-state index contributed by atoms with van der Waals surface area (Å²) in [5, 5.41) is 4.05. The molecule has 1 atom stereocenters. The molecule has 0 aliphatic carbocycles. The summed E-state index contributed by atoms with van der Waals surface area (Å²) < 4.78 is 65.6. The largest absolute Gasteiger partial charge is 0.416 e. The molecule has 0 saturated heterocycles. The first kappa shape index (κ1) is 21.0. The van der Waals surface area contributed by atoms with Crippen molar-refractivity contribution in [3.8, 4) is 0 Å². The average molecular weight is 440 g/mol. The van der Waals surface area contributed by atoms with Crippen LogP contribution >= 0.6 is 11.3 Å². The number of amides is 1. The standard InChI is InChI=1S/C19H15F3N2O3S2/c20-19(21,22)14-8-10-15(11-9-14)23-18(25)17(13-5-2-1-3-6-13)24-29(26,27)16-7-4-12-28-16/h1-12,17,24H,(H,23,25). The van der Waals surface area contributed by atoms with Crippen molar-refractivity contribution in [2.24, 2.45) is 0 Å². The molecule has 10 heteroatoms. The molecule has 3 aromatic rings. The first-order valence-electron chi connectivity index (χ1n) is 8.26. The molecule has 1 amide bonds. The summed E-state index contributed by atoms with van der Waals surface area (Å²) in [6.45, 7) is 0. The summed E-state index contributed by atoms with van der Waals surface area (Å²) >= 11 is 0.998. The fourth-order valence-electron chi connectivity index (χ4n) is 2.51. The monoisotopic (exact) mass is 440 g/mol. The van der Waals surface area contributed by atoms with Gasteiger partial charge in [-0.2, -0.15) is 17.9 Å². The number of carbonyl (C=O) groups is 1. The molecule has 2 aromatic carbocycles. The SMILES string of the molecule is O=C(Nc1ccc(C(F)(F)F)cc1)C(NS(=O)(=O)c1cccs1)c1ccccc1. The van der Waals surface area contributed by atoms with Gasteiger partial charge >= 0.3 is 6.18 Å². The van der Waals surface area contributed by atoms with E-state index < -0.39 is 33.7 Å². The van der Waals surface area contributed by atoms with Gasteiger partial charge in [0.05, 0.1) is 5.56 Å². The van der Waals surface area contributed by atoms with Crippen LogP contribution in [0.25, 0.3) is 0 Å². The van der Waals surface area contributed by atoms with Crippen molar-refractivity contribution in [3.63, 3.8) is 0 Å². The van der Waals surface area contributed by atoms with Crippen molar-refractivity contribution in [3.05, 3.63) is 83.2 Å². The third kappa shape index (κ3) is 5.22. The number of carbonyl (C=O) groups excluding carboxylic acids is 1. The highest BCUT2D eigenvalue weighted by atomic mass is 32.2. The highest BCUT2D eigenvalue weighted by molar-refractivity contribution is 7.91. The minimum Gasteiger partial charge on any atom is -0.324 e. The number of hydrogen-bond donors (Lipinski definition) is 2. The van der Waals surface area contributed by atoms with Gasteiger partial charge in [0, 0.05) is 5.69 Å². The van der Waals surface area contributed by atoms with Crippen molar-refractivity contribution in [1.29, 1.82) is 0 Å². The topological polar surface area (TPSA) is 75.3 Å². The van der Waals surface area contributed by atoms with Gasteiger partial charge in [-0.05, 0) is 41.3 Å². The second kappa shape index (κ2) is 8.36. The van der Waals surface area contributed by atoms with Crippen molar-refractivity contribution < 1.29 is 26.4 Å². The fraction of sp³-hybridized carbons (Fsp3) is 0.105. The molecule has 1 aromatic heterocycles. The smallest absolute Gasteiger partial charge is 0.324 e. The van der Waals surface area contributed by atoms with Gasteiger partial charge in [0.1, 0.15) is 10.3 Å². The first-order valence-corrected chi connectivity index (χ1v) is 10.6. The normalized spacial score (nSPS) is 13.1. The highest BCUT2D eigenvalue weighted by Gasteiger charge is 2.31. The van der Waals surface area contributed by atoms with Crippen LogP contribution in [0.5, 0.6) is 0 Å². The number of hydrogen-bond acceptors (Lipinski definition) is 4. The summed E-state index contributed by atoms with van der Waals surface area (Å²) in [5.41, 5.74) is -0.357. The number of alkyl halides is 3. The number of anilines is 1. The van der Waals surface area contributed by atoms with E-state index in [4.69, 9.17) is 0 Å². The van der Waals surface area contributed by atoms with Crippen LogP contribution < -0.4 is 10.0 Å². The Morgan fingerprint density at radius 1 is 0.931 bits per heavy atom. The molecule has 0 spiro atoms. The Labute approximate surface area is 169 Å². The van der Waals surface area contributed by atoms with Gasteiger partial charge in [-0.3, -0.25) is 4.79 Å². The summed E-state index contributed by atoms with van der Waals surface area (Å²) in [6, 6.07) is 13.7. The lowest BCUT2D eigenvalue weighted by atomic mass is 10.1. The molecule has 0 bridgehead atoms. The molecule has 0 saturated carbocycles. The van der Waals surface area contributed by atoms with Crippen LogP contribution in [0.2, 0.25) is 0 Å². The quantitative estimate of drug-likeness (QED) is 0.596. The van der Waals surface area contributed by atoms with Gasteiger partial charge in [0.15, 0.2) is 0 Å². The summed E-state index contributed by atoms with van der Waals surface area (Å²) in [4.78, 5) is 12.8. The van der Waals surface area contributed by atoms with Crippen LogP contribution in [0, 0.1) is 0 Å². The number of thiophene rings is 1. The number of nitrogens with one attached hydrogen (secondary N) is 2. The Morgan fingerprint density at radius 3 is 2.14 bits per heavy atom. The van der Waals surface area contributed by atoms with Crippen LogP contribution in [-0.4, -0.2) is 14.3 Å². The molecule has 152 valence electrons. The average Bonchev–Trinajstić information content (AvgIpc) is 3.22. The lowest BCUT2D eigenvalue weighted by Crippen LogP contribution is -2.36. The molecule has 2 N–H and O–H groups in total. The molecule has 3 rings (SSSR count). The number of benzene rings is 2. The molecule has 0 aliphatic heterocycles. The maximum atomic E-state index is 12.8. The third-order valence-electron chi connectivity index (χ3n) is 3.91. The Balaban J connectivity index is 1.85. The van der Waals surface area contributed by atoms with Gasteiger partial charge in [-0.1, -0.05) is 36.4 Å². The minimum absolute atomic E-state index is 0.0424. The highest BCUT2D eigenvalue weighted by Crippen LogP contribution is 2.30. The summed E-state index contributed by atoms with van der Waals surface area (Å²) in [7, 11) is -3.97. The lowest BCUT2D eigenvalue weighted by molar-refractivity contribution is -0.137. The van der Waals surface area contributed by atoms with E-state index >= 15 is 0 Å². The summed E-state index contributed by atoms with van der Waals surface area (Å²) in [5.74, 6) is -0.726. The Hall–Kier alpha value is -2.69. The predicted molar refractivity (Wildman–Crippen MR) is 104 cm³/mol. The maximum absolute atomic E-state index is 12.8. The van der Waals surface area contributed by atoms with Crippen molar-refractivity contribution in [1.82, 2.24) is 4.72 Å². The Bertz CT molecular complexity index is 1070. The van der Waals surface area contributed by atoms with Gasteiger partial charge < -0.3 is 5.32 Å². The van der Waals surface area contributed by atoms with E-state index in [0.29, 0.717) is 5.56 Å². The van der Waals surface area contributed by atoms with Gasteiger partial charge in [-0.25, -0.2) is 8.42 Å². The van der Waals surface area contributed by atoms with Crippen LogP contribution in [0.1, 0.15) is 17.2 Å². The molecular weight excluding hydrogens is 425 g/mol. The zero-order chi connectivity index (χ0) is 21.1. The van der Waals surface area contributed by atoms with Gasteiger partial charge in [0.2, 0.25) is 5.91 Å². The Morgan fingerprint density at radius 2 is 1.59 bits per heavy atom. The third-order valence-corrected chi connectivity index (χ3v) is 6.73. The molecule has 5 nitrogen and oxygen atoms in total. The van der Waals surface area contributed by atoms with Crippen LogP contribution in [0.15, 0.2) is 76.3 Å². The first-order chi connectivity index (χ1) is 13.7. The van der Waals surface area contributed by atoms with Gasteiger partial charge in [0.25, 0.3) is 10.0 Å². The summed E-state index contributed by atoms with van der Waals surface area (Å²) in [6.07, 6.45) is -4.49. The van der Waals surface area contributed by atoms with E-state index in [-0.39, 0.29) is 9.90 Å². The fourth-order valence-corrected chi connectivity index (χ4v) is 4.70. The van der Waals surface area contributed by atoms with Crippen LogP contribution in [-0.2, 0) is 21.0 Å². The number of sulfonamides is 1. The van der Waals surface area contributed by atoms with Crippen molar-refractivity contribution in [2.75, 3.05) is 5.32 Å². The second-order valence-corrected chi connectivity index (χ2v) is 8.85. The van der Waals surface area contributed by atoms with E-state index in [9.17, 15) is 26.4 Å². The Kier molecular flexibility index (Phi) is 6.06. The molecule has 1 unspecified atom stereocenters. The second-order valence-electron chi connectivity index (χ2n) is 5.96. The van der Waals surface area contributed by atoms with Crippen molar-refractivity contribution >= 4 is 33.0 Å². The maximum Gasteiger partial charge on any atom is 0.416 e. The van der Waals surface area contributed by atoms with E-state index in [1.54, 1.807) is 41.8 Å². The molecule has 1 heterocycles. The minimum atomic E-state index is -4.49. The molecule has 0 radical (unpaired) electrons. The van der Waals surface area contributed by atoms with Gasteiger partial charge in [-0.15, -0.1) is 11.3 Å². The predicted octanol–water partition coefficient (Wildman–Crippen LogP) is 4.43. The van der Waals surface area contributed by atoms with E-state index in [0.717, 1.165) is 35.6 Å². The zero-order valence-corrected chi connectivity index (χ0v) is 16.3. The van der Waals surface area contributed by atoms with Crippen LogP contribution in [0.4, 0.5) is 18.9 Å². The number of halogens is 3. The lowest BCUT2D eigenvalue weighted by Gasteiger charge is -2.19. The molecule has 29 heavy (non-hydrogen) atoms. The molecular formula is C19H15F3N2O3S2. The number of rotatable bonds is 6. The van der Waals surface area contributed by atoms with E-state index in [1.165, 1.54) is 6.07 Å². The molecule has 0 fully saturated rings. The zero-order valence-electron chi connectivity index (χ0n) is 14.7. The van der Waals surface area contributed by atoms with E-state index in [2.05, 4.69) is 10.0 Å². The van der Waals surface area contributed by atoms with Crippen molar-refractivity contribution in [2.45, 2.75) is 16.4 Å².